The highest BCUT2D eigenvalue weighted by atomic mass is 16.5. The predicted octanol–water partition coefficient (Wildman–Crippen LogP) is 5.31. The van der Waals surface area contributed by atoms with E-state index in [4.69, 9.17) is 9.47 Å². The third-order valence-electron chi connectivity index (χ3n) is 12.1. The number of hydrogen-bond donors (Lipinski definition) is 0. The quantitative estimate of drug-likeness (QED) is 0.137. The molecule has 0 aliphatic carbocycles. The molecule has 4 aromatic rings. The molecule has 2 fully saturated rings. The Labute approximate surface area is 355 Å². The lowest BCUT2D eigenvalue weighted by Gasteiger charge is -2.50. The molecule has 0 unspecified atom stereocenters. The van der Waals surface area contributed by atoms with E-state index in [0.717, 1.165) is 69.9 Å². The van der Waals surface area contributed by atoms with E-state index >= 15 is 0 Å². The first-order valence-corrected chi connectivity index (χ1v) is 21.4. The second-order valence-electron chi connectivity index (χ2n) is 15.7. The van der Waals surface area contributed by atoms with Gasteiger partial charge in [-0.05, 0) is 72.9 Å². The lowest BCUT2D eigenvalue weighted by molar-refractivity contribution is -0.153. The Hall–Kier alpha value is -5.18. The summed E-state index contributed by atoms with van der Waals surface area (Å²) >= 11 is 0. The van der Waals surface area contributed by atoms with Crippen LogP contribution in [0.25, 0.3) is 0 Å². The minimum Gasteiger partial charge on any atom is -0.467 e. The molecule has 0 bridgehead atoms. The average molecular weight is 825 g/mol. The standard InChI is InChI=1S/C25H32N2O3.C21H32N6O3/c1-4-23(28)27(22-13-9-6-10-14-22)25(24(29)30-3)16-18-26(19-20(25)2)17-15-21-11-7-5-8-12-21;1-4-19(28)27(18-9-7-6-8-10-18)21(17-30-3)11-13-24(14-12-21)15-16-26-20(29)25(5-2)22-23-26/h5-14,20H,4,15-19H2,1-3H3;6-10H,4-5,11-17H2,1-3H3/t20-,25+;/m1./s1. The largest absolute Gasteiger partial charge is 0.467 e. The third-order valence-corrected chi connectivity index (χ3v) is 12.1. The van der Waals surface area contributed by atoms with E-state index in [2.05, 4.69) is 51.4 Å². The molecule has 3 heterocycles. The second kappa shape index (κ2) is 21.9. The summed E-state index contributed by atoms with van der Waals surface area (Å²) in [4.78, 5) is 59.7. The zero-order valence-electron chi connectivity index (χ0n) is 36.4. The van der Waals surface area contributed by atoms with Crippen molar-refractivity contribution >= 4 is 29.2 Å². The molecule has 1 aromatic heterocycles. The number of carbonyl (C=O) groups is 3. The summed E-state index contributed by atoms with van der Waals surface area (Å²) in [6.07, 6.45) is 3.90. The SMILES string of the molecule is CCC(=O)N(c1ccccc1)C1(COC)CCN(CCn2nnn(CC)c2=O)CC1.CCC(=O)N(c1ccccc1)[C@@]1(C(=O)OC)CCN(CCc2ccccc2)C[C@H]1C. The minimum absolute atomic E-state index is 0.0591. The second-order valence-corrected chi connectivity index (χ2v) is 15.7. The smallest absolute Gasteiger partial charge is 0.363 e. The molecule has 2 aliphatic rings. The van der Waals surface area contributed by atoms with E-state index in [1.165, 1.54) is 22.0 Å². The number of nitrogens with zero attached hydrogens (tertiary/aromatic N) is 8. The molecule has 0 N–H and O–H groups in total. The number of anilines is 2. The molecule has 14 heteroatoms. The van der Waals surface area contributed by atoms with Crippen LogP contribution in [0.2, 0.25) is 0 Å². The van der Waals surface area contributed by atoms with Crippen LogP contribution < -0.4 is 15.5 Å². The van der Waals surface area contributed by atoms with Gasteiger partial charge in [-0.1, -0.05) is 87.5 Å². The number of methoxy groups -OCH3 is 2. The monoisotopic (exact) mass is 824 g/mol. The molecule has 0 radical (unpaired) electrons. The molecular formula is C46H64N8O6. The Morgan fingerprint density at radius 3 is 1.75 bits per heavy atom. The Morgan fingerprint density at radius 1 is 0.700 bits per heavy atom. The van der Waals surface area contributed by atoms with Gasteiger partial charge in [-0.3, -0.25) is 14.5 Å². The van der Waals surface area contributed by atoms with E-state index < -0.39 is 5.54 Å². The first-order chi connectivity index (χ1) is 29.1. The van der Waals surface area contributed by atoms with E-state index in [0.29, 0.717) is 39.0 Å². The van der Waals surface area contributed by atoms with Gasteiger partial charge in [0.25, 0.3) is 0 Å². The topological polar surface area (TPSA) is 135 Å². The Morgan fingerprint density at radius 2 is 1.23 bits per heavy atom. The van der Waals surface area contributed by atoms with Crippen molar-refractivity contribution in [1.29, 1.82) is 0 Å². The number of amides is 2. The molecule has 2 saturated heterocycles. The van der Waals surface area contributed by atoms with Crippen molar-refractivity contribution in [3.8, 4) is 0 Å². The first-order valence-electron chi connectivity index (χ1n) is 21.4. The normalized spacial score (nSPS) is 19.1. The fourth-order valence-corrected chi connectivity index (χ4v) is 8.77. The number of likely N-dealkylation sites (tertiary alicyclic amines) is 2. The fourth-order valence-electron chi connectivity index (χ4n) is 8.77. The molecule has 2 atom stereocenters. The fraction of sp³-hybridized carbons (Fsp3) is 0.522. The van der Waals surface area contributed by atoms with Crippen molar-refractivity contribution in [1.82, 2.24) is 29.6 Å². The molecule has 3 aromatic carbocycles. The van der Waals surface area contributed by atoms with Crippen molar-refractivity contribution in [2.24, 2.45) is 5.92 Å². The number of ether oxygens (including phenoxy) is 2. The maximum Gasteiger partial charge on any atom is 0.363 e. The average Bonchev–Trinajstić information content (AvgIpc) is 3.65. The van der Waals surface area contributed by atoms with E-state index in [1.54, 1.807) is 12.0 Å². The number of benzene rings is 3. The molecule has 0 saturated carbocycles. The summed E-state index contributed by atoms with van der Waals surface area (Å²) < 4.78 is 13.6. The van der Waals surface area contributed by atoms with Gasteiger partial charge in [0.05, 0.1) is 25.8 Å². The summed E-state index contributed by atoms with van der Waals surface area (Å²) in [7, 11) is 3.11. The first kappa shape index (κ1) is 45.9. The van der Waals surface area contributed by atoms with E-state index in [9.17, 15) is 19.2 Å². The van der Waals surface area contributed by atoms with Crippen LogP contribution >= 0.6 is 0 Å². The van der Waals surface area contributed by atoms with Crippen LogP contribution in [0, 0.1) is 5.92 Å². The summed E-state index contributed by atoms with van der Waals surface area (Å²) in [5.41, 5.74) is 1.43. The summed E-state index contributed by atoms with van der Waals surface area (Å²) in [5, 5.41) is 7.82. The van der Waals surface area contributed by atoms with Gasteiger partial charge < -0.3 is 24.2 Å². The van der Waals surface area contributed by atoms with Crippen LogP contribution in [0.15, 0.2) is 95.8 Å². The molecule has 2 amide bonds. The summed E-state index contributed by atoms with van der Waals surface area (Å²) in [5.74, 6) is -0.348. The summed E-state index contributed by atoms with van der Waals surface area (Å²) in [6, 6.07) is 29.8. The Bertz CT molecular complexity index is 2000. The maximum atomic E-state index is 13.2. The number of para-hydroxylation sites is 2. The predicted molar refractivity (Wildman–Crippen MR) is 234 cm³/mol. The van der Waals surface area contributed by atoms with Gasteiger partial charge in [0, 0.05) is 83.1 Å². The van der Waals surface area contributed by atoms with Gasteiger partial charge >= 0.3 is 11.7 Å². The van der Waals surface area contributed by atoms with Crippen molar-refractivity contribution in [2.45, 2.75) is 90.4 Å². The highest BCUT2D eigenvalue weighted by Crippen LogP contribution is 2.39. The number of rotatable bonds is 16. The maximum absolute atomic E-state index is 13.2. The van der Waals surface area contributed by atoms with E-state index in [1.807, 2.05) is 92.4 Å². The lowest BCUT2D eigenvalue weighted by atomic mass is 9.76. The van der Waals surface area contributed by atoms with Crippen LogP contribution in [0.1, 0.15) is 65.4 Å². The van der Waals surface area contributed by atoms with Gasteiger partial charge in [-0.15, -0.1) is 0 Å². The number of carbonyl (C=O) groups excluding carboxylic acids is 3. The van der Waals surface area contributed by atoms with E-state index in [-0.39, 0.29) is 34.9 Å². The van der Waals surface area contributed by atoms with Crippen LogP contribution in [-0.4, -0.2) is 119 Å². The molecule has 0 spiro atoms. The Balaban J connectivity index is 0.000000228. The number of hydrogen-bond acceptors (Lipinski definition) is 10. The molecule has 6 rings (SSSR count). The minimum atomic E-state index is -0.994. The third kappa shape index (κ3) is 10.6. The Kier molecular flexibility index (Phi) is 16.7. The highest BCUT2D eigenvalue weighted by molar-refractivity contribution is 6.02. The summed E-state index contributed by atoms with van der Waals surface area (Å²) in [6.45, 7) is 14.0. The van der Waals surface area contributed by atoms with Crippen LogP contribution in [-0.2, 0) is 43.4 Å². The number of tetrazole rings is 1. The van der Waals surface area contributed by atoms with Gasteiger partial charge in [0.15, 0.2) is 0 Å². The molecular weight excluding hydrogens is 761 g/mol. The van der Waals surface area contributed by atoms with Crippen molar-refractivity contribution in [3.63, 3.8) is 0 Å². The lowest BCUT2D eigenvalue weighted by Crippen LogP contribution is -2.67. The van der Waals surface area contributed by atoms with Crippen LogP contribution in [0.5, 0.6) is 0 Å². The number of piperidine rings is 2. The van der Waals surface area contributed by atoms with Crippen molar-refractivity contribution in [3.05, 3.63) is 107 Å². The zero-order valence-corrected chi connectivity index (χ0v) is 36.4. The number of aromatic nitrogens is 4. The molecule has 60 heavy (non-hydrogen) atoms. The van der Waals surface area contributed by atoms with Gasteiger partial charge in [-0.2, -0.15) is 9.36 Å². The van der Waals surface area contributed by atoms with Gasteiger partial charge in [0.1, 0.15) is 5.54 Å². The molecule has 14 nitrogen and oxygen atoms in total. The van der Waals surface area contributed by atoms with Gasteiger partial charge in [0.2, 0.25) is 11.8 Å². The molecule has 2 aliphatic heterocycles. The van der Waals surface area contributed by atoms with Crippen molar-refractivity contribution < 1.29 is 23.9 Å². The van der Waals surface area contributed by atoms with Crippen LogP contribution in [0.3, 0.4) is 0 Å². The van der Waals surface area contributed by atoms with Gasteiger partial charge in [-0.25, -0.2) is 9.59 Å². The number of aryl methyl sites for hydroxylation is 1. The van der Waals surface area contributed by atoms with Crippen molar-refractivity contribution in [2.75, 3.05) is 69.9 Å². The zero-order chi connectivity index (χ0) is 43.1. The van der Waals surface area contributed by atoms with Crippen LogP contribution in [0.4, 0.5) is 11.4 Å². The molecule has 324 valence electrons. The number of esters is 1. The highest BCUT2D eigenvalue weighted by Gasteiger charge is 2.54.